The first kappa shape index (κ1) is 26.8. The molecule has 12 heteroatoms. The minimum absolute atomic E-state index is 0.000696. The van der Waals surface area contributed by atoms with E-state index >= 15 is 0 Å². The van der Waals surface area contributed by atoms with E-state index in [0.717, 1.165) is 15.7 Å². The molecule has 37 heavy (non-hydrogen) atoms. The Morgan fingerprint density at radius 2 is 1.81 bits per heavy atom. The number of aromatic nitrogens is 2. The van der Waals surface area contributed by atoms with Gasteiger partial charge in [0, 0.05) is 11.0 Å². The van der Waals surface area contributed by atoms with Gasteiger partial charge < -0.3 is 19.9 Å². The minimum Gasteiger partial charge on any atom is -0.453 e. The molecule has 2 unspecified atom stereocenters. The Labute approximate surface area is 224 Å². The van der Waals surface area contributed by atoms with Crippen LogP contribution in [0.5, 0.6) is 0 Å². The normalized spacial score (nSPS) is 17.1. The number of imidazole rings is 1. The number of H-pyrrole nitrogens is 1. The molecule has 0 radical (unpaired) electrons. The standard InChI is InChI=1S/C25H28BrN5O5S/c1-16(2)22(29-25(33)36-3)24(32)31-15-30(37(34,35)19-7-5-4-6-8-19)14-21(31)23-27-13-20(28-23)17-9-11-18(26)12-10-17/h4-13,16,21-22H,14-15H2,1-3H3,(H,27,28)(H,29,33). The number of aromatic amines is 1. The fourth-order valence-electron chi connectivity index (χ4n) is 4.15. The van der Waals surface area contributed by atoms with E-state index in [4.69, 9.17) is 4.74 Å². The molecular formula is C25H28BrN5O5S. The van der Waals surface area contributed by atoms with Crippen LogP contribution < -0.4 is 5.32 Å². The lowest BCUT2D eigenvalue weighted by Gasteiger charge is -2.29. The van der Waals surface area contributed by atoms with Gasteiger partial charge in [0.25, 0.3) is 0 Å². The number of nitrogens with one attached hydrogen (secondary N) is 2. The van der Waals surface area contributed by atoms with E-state index in [1.807, 2.05) is 24.3 Å². The molecule has 2 heterocycles. The summed E-state index contributed by atoms with van der Waals surface area (Å²) in [5, 5.41) is 2.58. The molecule has 2 amide bonds. The lowest BCUT2D eigenvalue weighted by Crippen LogP contribution is -2.51. The molecule has 4 rings (SSSR count). The lowest BCUT2D eigenvalue weighted by molar-refractivity contribution is -0.135. The Balaban J connectivity index is 1.70. The van der Waals surface area contributed by atoms with Gasteiger partial charge in [0.05, 0.1) is 30.6 Å². The molecule has 10 nitrogen and oxygen atoms in total. The minimum atomic E-state index is -3.89. The third-order valence-electron chi connectivity index (χ3n) is 6.18. The number of sulfonamides is 1. The first-order valence-electron chi connectivity index (χ1n) is 11.6. The summed E-state index contributed by atoms with van der Waals surface area (Å²) in [7, 11) is -2.67. The van der Waals surface area contributed by atoms with Crippen molar-refractivity contribution in [3.8, 4) is 11.3 Å². The molecule has 0 saturated carbocycles. The number of carbonyl (C=O) groups excluding carboxylic acids is 2. The van der Waals surface area contributed by atoms with E-state index in [0.29, 0.717) is 5.82 Å². The van der Waals surface area contributed by atoms with Gasteiger partial charge in [0.15, 0.2) is 0 Å². The highest BCUT2D eigenvalue weighted by molar-refractivity contribution is 9.10. The van der Waals surface area contributed by atoms with Crippen molar-refractivity contribution in [3.63, 3.8) is 0 Å². The predicted octanol–water partition coefficient (Wildman–Crippen LogP) is 3.75. The molecule has 2 atom stereocenters. The number of rotatable bonds is 7. The quantitative estimate of drug-likeness (QED) is 0.432. The largest absolute Gasteiger partial charge is 0.453 e. The lowest BCUT2D eigenvalue weighted by atomic mass is 10.0. The zero-order valence-electron chi connectivity index (χ0n) is 20.6. The van der Waals surface area contributed by atoms with Crippen molar-refractivity contribution >= 4 is 38.0 Å². The SMILES string of the molecule is COC(=O)NC(C(=O)N1CN(S(=O)(=O)c2ccccc2)CC1c1ncc(-c2ccc(Br)cc2)[nH]1)C(C)C. The van der Waals surface area contributed by atoms with Crippen LogP contribution in [0.3, 0.4) is 0 Å². The highest BCUT2D eigenvalue weighted by Gasteiger charge is 2.44. The average Bonchev–Trinajstić information content (AvgIpc) is 3.56. The highest BCUT2D eigenvalue weighted by Crippen LogP contribution is 2.33. The van der Waals surface area contributed by atoms with Gasteiger partial charge in [0.2, 0.25) is 15.9 Å². The number of hydrogen-bond donors (Lipinski definition) is 2. The topological polar surface area (TPSA) is 125 Å². The zero-order valence-corrected chi connectivity index (χ0v) is 23.0. The van der Waals surface area contributed by atoms with Crippen LogP contribution >= 0.6 is 15.9 Å². The zero-order chi connectivity index (χ0) is 26.7. The second kappa shape index (κ2) is 11.0. The van der Waals surface area contributed by atoms with Crippen LogP contribution in [0, 0.1) is 5.92 Å². The number of amides is 2. The van der Waals surface area contributed by atoms with Crippen molar-refractivity contribution < 1.29 is 22.7 Å². The van der Waals surface area contributed by atoms with E-state index in [-0.39, 0.29) is 24.0 Å². The van der Waals surface area contributed by atoms with Crippen LogP contribution in [0.15, 0.2) is 70.2 Å². The maximum atomic E-state index is 13.7. The van der Waals surface area contributed by atoms with Gasteiger partial charge in [0.1, 0.15) is 17.9 Å². The molecule has 1 aromatic heterocycles. The Morgan fingerprint density at radius 1 is 1.14 bits per heavy atom. The van der Waals surface area contributed by atoms with Crippen molar-refractivity contribution in [3.05, 3.63) is 71.1 Å². The summed E-state index contributed by atoms with van der Waals surface area (Å²) in [5.74, 6) is -0.266. The first-order valence-corrected chi connectivity index (χ1v) is 13.9. The molecule has 0 bridgehead atoms. The second-order valence-corrected chi connectivity index (χ2v) is 11.8. The van der Waals surface area contributed by atoms with E-state index in [9.17, 15) is 18.0 Å². The summed E-state index contributed by atoms with van der Waals surface area (Å²) in [4.78, 5) is 35.0. The van der Waals surface area contributed by atoms with Crippen LogP contribution in [-0.4, -0.2) is 66.0 Å². The van der Waals surface area contributed by atoms with Crippen LogP contribution in [-0.2, 0) is 19.6 Å². The van der Waals surface area contributed by atoms with Gasteiger partial charge >= 0.3 is 6.09 Å². The van der Waals surface area contributed by atoms with Crippen molar-refractivity contribution in [1.82, 2.24) is 24.5 Å². The van der Waals surface area contributed by atoms with Crippen LogP contribution in [0.2, 0.25) is 0 Å². The summed E-state index contributed by atoms with van der Waals surface area (Å²) >= 11 is 3.42. The molecule has 1 aliphatic rings. The molecule has 2 N–H and O–H groups in total. The monoisotopic (exact) mass is 589 g/mol. The second-order valence-electron chi connectivity index (χ2n) is 8.96. The van der Waals surface area contributed by atoms with Crippen LogP contribution in [0.25, 0.3) is 11.3 Å². The van der Waals surface area contributed by atoms with Gasteiger partial charge in [-0.1, -0.05) is 60.1 Å². The van der Waals surface area contributed by atoms with Gasteiger partial charge in [-0.2, -0.15) is 4.31 Å². The smallest absolute Gasteiger partial charge is 0.407 e. The molecule has 1 saturated heterocycles. The maximum absolute atomic E-state index is 13.7. The first-order chi connectivity index (χ1) is 17.6. The number of ether oxygens (including phenoxy) is 1. The molecule has 1 fully saturated rings. The van der Waals surface area contributed by atoms with Crippen LogP contribution in [0.4, 0.5) is 4.79 Å². The molecule has 1 aliphatic heterocycles. The Morgan fingerprint density at radius 3 is 2.43 bits per heavy atom. The maximum Gasteiger partial charge on any atom is 0.407 e. The fraction of sp³-hybridized carbons (Fsp3) is 0.320. The molecule has 0 spiro atoms. The Hall–Kier alpha value is -3.22. The third kappa shape index (κ3) is 5.71. The Bertz CT molecular complexity index is 1360. The van der Waals surface area contributed by atoms with Gasteiger partial charge in [-0.25, -0.2) is 18.2 Å². The van der Waals surface area contributed by atoms with Crippen molar-refractivity contribution in [2.45, 2.75) is 30.8 Å². The number of methoxy groups -OCH3 is 1. The van der Waals surface area contributed by atoms with Crippen LogP contribution in [0.1, 0.15) is 25.7 Å². The number of carbonyl (C=O) groups is 2. The Kier molecular flexibility index (Phi) is 8.00. The number of hydrogen-bond acceptors (Lipinski definition) is 6. The molecule has 0 aliphatic carbocycles. The number of benzene rings is 2. The summed E-state index contributed by atoms with van der Waals surface area (Å²) in [6.07, 6.45) is 0.912. The van der Waals surface area contributed by atoms with Gasteiger partial charge in [-0.3, -0.25) is 4.79 Å². The summed E-state index contributed by atoms with van der Waals surface area (Å²) in [6.45, 7) is 3.39. The third-order valence-corrected chi connectivity index (χ3v) is 8.53. The van der Waals surface area contributed by atoms with Crippen molar-refractivity contribution in [2.75, 3.05) is 20.3 Å². The van der Waals surface area contributed by atoms with E-state index in [1.165, 1.54) is 28.4 Å². The summed E-state index contributed by atoms with van der Waals surface area (Å²) < 4.78 is 33.7. The molecule has 3 aromatic rings. The van der Waals surface area contributed by atoms with Crippen molar-refractivity contribution in [2.24, 2.45) is 5.92 Å². The molecular weight excluding hydrogens is 562 g/mol. The number of halogens is 1. The predicted molar refractivity (Wildman–Crippen MR) is 141 cm³/mol. The molecule has 2 aromatic carbocycles. The van der Waals surface area contributed by atoms with E-state index < -0.39 is 34.1 Å². The summed E-state index contributed by atoms with van der Waals surface area (Å²) in [6, 6.07) is 14.1. The highest BCUT2D eigenvalue weighted by atomic mass is 79.9. The van der Waals surface area contributed by atoms with Gasteiger partial charge in [-0.15, -0.1) is 0 Å². The van der Waals surface area contributed by atoms with Gasteiger partial charge in [-0.05, 0) is 35.7 Å². The number of nitrogens with zero attached hydrogens (tertiary/aromatic N) is 3. The van der Waals surface area contributed by atoms with E-state index in [2.05, 4.69) is 31.2 Å². The fourth-order valence-corrected chi connectivity index (χ4v) is 5.83. The van der Waals surface area contributed by atoms with Crippen molar-refractivity contribution in [1.29, 1.82) is 0 Å². The molecule has 196 valence electrons. The number of alkyl carbamates (subject to hydrolysis) is 1. The average molecular weight is 591 g/mol. The van der Waals surface area contributed by atoms with E-state index in [1.54, 1.807) is 38.2 Å². The summed E-state index contributed by atoms with van der Waals surface area (Å²) in [5.41, 5.74) is 1.62.